The summed E-state index contributed by atoms with van der Waals surface area (Å²) in [4.78, 5) is 36.9. The van der Waals surface area contributed by atoms with Crippen LogP contribution in [-0.4, -0.2) is 82.3 Å². The van der Waals surface area contributed by atoms with Gasteiger partial charge in [-0.15, -0.1) is 0 Å². The molecule has 0 aromatic rings. The molecule has 0 N–H and O–H groups in total. The number of esters is 2. The fourth-order valence-corrected chi connectivity index (χ4v) is 5.92. The van der Waals surface area contributed by atoms with E-state index in [1.807, 2.05) is 21.1 Å². The second-order valence-corrected chi connectivity index (χ2v) is 16.0. The largest absolute Gasteiger partial charge is 0.545 e. The topological polar surface area (TPSA) is 111 Å². The van der Waals surface area contributed by atoms with E-state index < -0.39 is 24.3 Å². The van der Waals surface area contributed by atoms with E-state index >= 15 is 0 Å². The molecule has 0 aliphatic rings. The summed E-state index contributed by atoms with van der Waals surface area (Å²) in [6, 6.07) is 0. The Labute approximate surface area is 331 Å². The molecule has 0 spiro atoms. The Morgan fingerprint density at radius 3 is 1.43 bits per heavy atom. The summed E-state index contributed by atoms with van der Waals surface area (Å²) < 4.78 is 22.5. The average Bonchev–Trinajstić information content (AvgIpc) is 3.12. The lowest BCUT2D eigenvalue weighted by molar-refractivity contribution is -0.870. The van der Waals surface area contributed by atoms with Crippen LogP contribution in [-0.2, 0) is 33.3 Å². The van der Waals surface area contributed by atoms with Crippen molar-refractivity contribution in [3.05, 3.63) is 24.3 Å². The summed E-state index contributed by atoms with van der Waals surface area (Å²) in [7, 11) is 5.90. The molecule has 0 saturated carbocycles. The smallest absolute Gasteiger partial charge is 0.306 e. The number of rotatable bonds is 40. The van der Waals surface area contributed by atoms with E-state index in [1.54, 1.807) is 0 Å². The lowest BCUT2D eigenvalue weighted by Crippen LogP contribution is -2.44. The molecule has 0 heterocycles. The molecule has 0 amide bonds. The number of hydrogen-bond donors (Lipinski definition) is 0. The van der Waals surface area contributed by atoms with Crippen molar-refractivity contribution in [1.29, 1.82) is 0 Å². The lowest BCUT2D eigenvalue weighted by Gasteiger charge is -2.26. The van der Waals surface area contributed by atoms with Crippen LogP contribution in [0.15, 0.2) is 24.3 Å². The van der Waals surface area contributed by atoms with Crippen LogP contribution in [0.2, 0.25) is 0 Å². The zero-order valence-corrected chi connectivity index (χ0v) is 35.6. The number of nitrogens with zero attached hydrogens (tertiary/aromatic N) is 1. The average molecular weight is 766 g/mol. The summed E-state index contributed by atoms with van der Waals surface area (Å²) in [6.07, 6.45) is 36.4. The van der Waals surface area contributed by atoms with E-state index in [0.29, 0.717) is 17.4 Å². The normalized spacial score (nSPS) is 13.1. The quantitative estimate of drug-likeness (QED) is 0.0199. The summed E-state index contributed by atoms with van der Waals surface area (Å²) in [5.74, 6) is -2.30. The van der Waals surface area contributed by atoms with E-state index in [9.17, 15) is 19.5 Å². The molecule has 0 bridgehead atoms. The van der Waals surface area contributed by atoms with Crippen LogP contribution in [0, 0.1) is 0 Å². The number of allylic oxidation sites excluding steroid dienone is 4. The van der Waals surface area contributed by atoms with Gasteiger partial charge in [-0.1, -0.05) is 141 Å². The van der Waals surface area contributed by atoms with Crippen LogP contribution < -0.4 is 5.11 Å². The fourth-order valence-electron chi connectivity index (χ4n) is 5.92. The first-order valence-electron chi connectivity index (χ1n) is 22.0. The number of unbranched alkanes of at least 4 members (excludes halogenated alkanes) is 21. The first kappa shape index (κ1) is 51.8. The Hall–Kier alpha value is -2.23. The highest BCUT2D eigenvalue weighted by molar-refractivity contribution is 5.70. The van der Waals surface area contributed by atoms with Gasteiger partial charge in [0.25, 0.3) is 0 Å². The monoisotopic (exact) mass is 766 g/mol. The van der Waals surface area contributed by atoms with Gasteiger partial charge in [-0.25, -0.2) is 0 Å². The van der Waals surface area contributed by atoms with Gasteiger partial charge in [0.1, 0.15) is 13.2 Å². The van der Waals surface area contributed by atoms with Crippen LogP contribution in [0.3, 0.4) is 0 Å². The lowest BCUT2D eigenvalue weighted by atomic mass is 10.1. The number of ether oxygens (including phenoxy) is 4. The Bertz CT molecular complexity index is 944. The third kappa shape index (κ3) is 38.1. The minimum Gasteiger partial charge on any atom is -0.545 e. The summed E-state index contributed by atoms with van der Waals surface area (Å²) in [6.45, 7) is 4.68. The molecule has 0 aliphatic heterocycles. The number of carbonyl (C=O) groups is 3. The van der Waals surface area contributed by atoms with Crippen molar-refractivity contribution in [3.63, 3.8) is 0 Å². The van der Waals surface area contributed by atoms with Crippen LogP contribution in [0.25, 0.3) is 0 Å². The minimum absolute atomic E-state index is 0.146. The number of carbonyl (C=O) groups excluding carboxylic acids is 3. The molecule has 2 unspecified atom stereocenters. The molecule has 2 atom stereocenters. The molecule has 0 aromatic carbocycles. The molecular formula is C45H83NO8. The van der Waals surface area contributed by atoms with Crippen LogP contribution in [0.5, 0.6) is 0 Å². The third-order valence-corrected chi connectivity index (χ3v) is 9.42. The zero-order chi connectivity index (χ0) is 40.0. The third-order valence-electron chi connectivity index (χ3n) is 9.42. The highest BCUT2D eigenvalue weighted by Gasteiger charge is 2.21. The maximum atomic E-state index is 12.7. The molecule has 0 saturated heterocycles. The zero-order valence-electron chi connectivity index (χ0n) is 35.6. The highest BCUT2D eigenvalue weighted by Crippen LogP contribution is 2.14. The van der Waals surface area contributed by atoms with Gasteiger partial charge in [0.2, 0.25) is 0 Å². The number of likely N-dealkylation sites (N-methyl/N-ethyl adjacent to an activating group) is 1. The van der Waals surface area contributed by atoms with Crippen LogP contribution in [0.1, 0.15) is 187 Å². The van der Waals surface area contributed by atoms with E-state index in [-0.39, 0.29) is 38.6 Å². The van der Waals surface area contributed by atoms with Gasteiger partial charge in [0, 0.05) is 12.8 Å². The summed E-state index contributed by atoms with van der Waals surface area (Å²) >= 11 is 0. The molecule has 9 heteroatoms. The number of hydrogen-bond acceptors (Lipinski definition) is 8. The number of aliphatic carboxylic acids is 1. The molecule has 316 valence electrons. The molecule has 0 fully saturated rings. The van der Waals surface area contributed by atoms with E-state index in [2.05, 4.69) is 38.2 Å². The SMILES string of the molecule is CCCC/C=C\CCCCCCCC(=O)OCC(COC(OCC[N+](C)(C)C)C(=O)[O-])OC(=O)CCCCCCCCC/C=C\CCCCCCCCC. The predicted octanol–water partition coefficient (Wildman–Crippen LogP) is 9.94. The van der Waals surface area contributed by atoms with Gasteiger partial charge in [0.05, 0.1) is 40.3 Å². The number of carboxylic acid groups (broad SMARTS) is 1. The molecule has 0 aromatic heterocycles. The maximum absolute atomic E-state index is 12.7. The Morgan fingerprint density at radius 2 is 0.963 bits per heavy atom. The Morgan fingerprint density at radius 1 is 0.537 bits per heavy atom. The van der Waals surface area contributed by atoms with Crippen LogP contribution in [0.4, 0.5) is 0 Å². The maximum Gasteiger partial charge on any atom is 0.306 e. The van der Waals surface area contributed by atoms with E-state index in [0.717, 1.165) is 70.6 Å². The van der Waals surface area contributed by atoms with Crippen molar-refractivity contribution in [1.82, 2.24) is 0 Å². The Balaban J connectivity index is 4.43. The van der Waals surface area contributed by atoms with Crippen molar-refractivity contribution >= 4 is 17.9 Å². The standard InChI is InChI=1S/C45H83NO8/c1-6-8-10-12-14-16-18-19-20-21-22-23-24-26-28-30-32-34-36-43(48)54-41(40-53-45(44(49)50)51-38-37-46(3,4)5)39-52-42(47)35-33-31-29-27-25-17-15-13-11-9-7-2/h13,15,20-21,41,45H,6-12,14,16-19,22-40H2,1-5H3/b15-13-,21-20-. The van der Waals surface area contributed by atoms with E-state index in [1.165, 1.54) is 83.5 Å². The van der Waals surface area contributed by atoms with Crippen LogP contribution >= 0.6 is 0 Å². The Kier molecular flexibility index (Phi) is 36.1. The molecule has 0 aliphatic carbocycles. The first-order valence-corrected chi connectivity index (χ1v) is 22.0. The summed E-state index contributed by atoms with van der Waals surface area (Å²) in [5, 5.41) is 11.7. The highest BCUT2D eigenvalue weighted by atomic mass is 16.7. The van der Waals surface area contributed by atoms with Gasteiger partial charge in [-0.2, -0.15) is 0 Å². The van der Waals surface area contributed by atoms with Gasteiger partial charge < -0.3 is 33.3 Å². The second kappa shape index (κ2) is 37.7. The van der Waals surface area contributed by atoms with Gasteiger partial charge in [-0.05, 0) is 57.8 Å². The minimum atomic E-state index is -1.62. The molecule has 54 heavy (non-hydrogen) atoms. The van der Waals surface area contributed by atoms with Gasteiger partial charge >= 0.3 is 11.9 Å². The predicted molar refractivity (Wildman–Crippen MR) is 219 cm³/mol. The van der Waals surface area contributed by atoms with Crippen molar-refractivity contribution < 1.29 is 42.9 Å². The van der Waals surface area contributed by atoms with Crippen molar-refractivity contribution in [2.24, 2.45) is 0 Å². The molecular weight excluding hydrogens is 682 g/mol. The second-order valence-electron chi connectivity index (χ2n) is 16.0. The number of quaternary nitrogens is 1. The van der Waals surface area contributed by atoms with Gasteiger partial charge in [0.15, 0.2) is 12.4 Å². The molecule has 0 radical (unpaired) electrons. The molecule has 9 nitrogen and oxygen atoms in total. The molecule has 0 rings (SSSR count). The first-order chi connectivity index (χ1) is 26.1. The van der Waals surface area contributed by atoms with E-state index in [4.69, 9.17) is 18.9 Å². The fraction of sp³-hybridized carbons (Fsp3) is 0.844. The number of carboxylic acids is 1. The van der Waals surface area contributed by atoms with Crippen molar-refractivity contribution in [2.75, 3.05) is 47.5 Å². The summed E-state index contributed by atoms with van der Waals surface area (Å²) in [5.41, 5.74) is 0. The van der Waals surface area contributed by atoms with Gasteiger partial charge in [-0.3, -0.25) is 9.59 Å². The van der Waals surface area contributed by atoms with Crippen molar-refractivity contribution in [3.8, 4) is 0 Å². The van der Waals surface area contributed by atoms with Crippen molar-refractivity contribution in [2.45, 2.75) is 200 Å².